The van der Waals surface area contributed by atoms with E-state index in [0.29, 0.717) is 0 Å². The van der Waals surface area contributed by atoms with Crippen molar-refractivity contribution in [2.45, 2.75) is 5.41 Å². The van der Waals surface area contributed by atoms with Crippen molar-refractivity contribution in [3.8, 4) is 11.1 Å². The lowest BCUT2D eigenvalue weighted by molar-refractivity contribution is 0.771. The second-order valence-electron chi connectivity index (χ2n) is 9.40. The van der Waals surface area contributed by atoms with Gasteiger partial charge in [0.05, 0.1) is 5.41 Å². The molecule has 1 aliphatic carbocycles. The lowest BCUT2D eigenvalue weighted by atomic mass is 9.67. The minimum Gasteiger partial charge on any atom is -0.355 e. The van der Waals surface area contributed by atoms with Crippen LogP contribution in [-0.2, 0) is 5.41 Å². The van der Waals surface area contributed by atoms with E-state index in [-0.39, 0.29) is 0 Å². The van der Waals surface area contributed by atoms with Crippen LogP contribution in [0.3, 0.4) is 0 Å². The SMILES string of the molecule is c1ccc(C2(c3ccccc3Nc3cccc4ccccc34)c3ccccc3-c3ccccc32)cc1. The lowest BCUT2D eigenvalue weighted by Crippen LogP contribution is -2.29. The van der Waals surface area contributed by atoms with E-state index in [1.807, 2.05) is 0 Å². The summed E-state index contributed by atoms with van der Waals surface area (Å²) in [5.41, 5.74) is 9.58. The zero-order chi connectivity index (χ0) is 24.0. The Morgan fingerprint density at radius 3 is 1.67 bits per heavy atom. The monoisotopic (exact) mass is 459 g/mol. The fraction of sp³-hybridized carbons (Fsp3) is 0.0286. The molecular weight excluding hydrogens is 434 g/mol. The summed E-state index contributed by atoms with van der Waals surface area (Å²) in [7, 11) is 0. The van der Waals surface area contributed by atoms with Crippen molar-refractivity contribution in [3.05, 3.63) is 168 Å². The second kappa shape index (κ2) is 8.25. The molecule has 0 atom stereocenters. The van der Waals surface area contributed by atoms with E-state index in [1.54, 1.807) is 0 Å². The van der Waals surface area contributed by atoms with Gasteiger partial charge in [0, 0.05) is 16.8 Å². The van der Waals surface area contributed by atoms with Gasteiger partial charge in [-0.1, -0.05) is 133 Å². The third-order valence-electron chi connectivity index (χ3n) is 7.55. The zero-order valence-electron chi connectivity index (χ0n) is 19.9. The van der Waals surface area contributed by atoms with E-state index >= 15 is 0 Å². The van der Waals surface area contributed by atoms with Crippen molar-refractivity contribution in [2.24, 2.45) is 0 Å². The summed E-state index contributed by atoms with van der Waals surface area (Å²) < 4.78 is 0. The average molecular weight is 460 g/mol. The number of para-hydroxylation sites is 1. The molecule has 1 nitrogen and oxygen atoms in total. The topological polar surface area (TPSA) is 12.0 Å². The molecule has 0 aliphatic heterocycles. The first-order valence-corrected chi connectivity index (χ1v) is 12.5. The Hall–Kier alpha value is -4.62. The molecule has 0 unspecified atom stereocenters. The predicted octanol–water partition coefficient (Wildman–Crippen LogP) is 8.95. The first kappa shape index (κ1) is 20.7. The summed E-state index contributed by atoms with van der Waals surface area (Å²) in [5, 5.41) is 6.30. The fourth-order valence-electron chi connectivity index (χ4n) is 6.08. The summed E-state index contributed by atoms with van der Waals surface area (Å²) in [4.78, 5) is 0. The number of hydrogen-bond acceptors (Lipinski definition) is 1. The zero-order valence-corrected chi connectivity index (χ0v) is 19.9. The van der Waals surface area contributed by atoms with Crippen LogP contribution in [0.15, 0.2) is 146 Å². The lowest BCUT2D eigenvalue weighted by Gasteiger charge is -2.35. The number of benzene rings is 6. The van der Waals surface area contributed by atoms with Gasteiger partial charge in [-0.15, -0.1) is 0 Å². The Morgan fingerprint density at radius 2 is 0.917 bits per heavy atom. The Morgan fingerprint density at radius 1 is 0.389 bits per heavy atom. The minimum absolute atomic E-state index is 0.428. The first-order chi connectivity index (χ1) is 17.9. The molecular formula is C35H25N. The Labute approximate surface area is 211 Å². The highest BCUT2D eigenvalue weighted by atomic mass is 14.9. The molecule has 0 fully saturated rings. The summed E-state index contributed by atoms with van der Waals surface area (Å²) in [6.45, 7) is 0. The molecule has 6 aromatic carbocycles. The third-order valence-corrected chi connectivity index (χ3v) is 7.55. The van der Waals surface area contributed by atoms with Gasteiger partial charge in [0.15, 0.2) is 0 Å². The van der Waals surface area contributed by atoms with E-state index < -0.39 is 5.41 Å². The van der Waals surface area contributed by atoms with E-state index in [4.69, 9.17) is 0 Å². The van der Waals surface area contributed by atoms with Crippen molar-refractivity contribution >= 4 is 22.1 Å². The molecule has 0 aromatic heterocycles. The Kier molecular flexibility index (Phi) is 4.75. The molecule has 0 saturated heterocycles. The van der Waals surface area contributed by atoms with Crippen LogP contribution >= 0.6 is 0 Å². The van der Waals surface area contributed by atoms with Crippen molar-refractivity contribution in [2.75, 3.05) is 5.32 Å². The van der Waals surface area contributed by atoms with E-state index in [9.17, 15) is 0 Å². The molecule has 170 valence electrons. The van der Waals surface area contributed by atoms with Gasteiger partial charge in [-0.05, 0) is 50.9 Å². The minimum atomic E-state index is -0.428. The molecule has 0 amide bonds. The summed E-state index contributed by atoms with van der Waals surface area (Å²) in [5.74, 6) is 0. The maximum Gasteiger partial charge on any atom is 0.0733 e. The van der Waals surface area contributed by atoms with Gasteiger partial charge in [-0.3, -0.25) is 0 Å². The van der Waals surface area contributed by atoms with E-state index in [1.165, 1.54) is 44.2 Å². The largest absolute Gasteiger partial charge is 0.355 e. The predicted molar refractivity (Wildman–Crippen MR) is 151 cm³/mol. The molecule has 1 N–H and O–H groups in total. The van der Waals surface area contributed by atoms with Crippen molar-refractivity contribution in [3.63, 3.8) is 0 Å². The van der Waals surface area contributed by atoms with Crippen molar-refractivity contribution in [1.82, 2.24) is 0 Å². The molecule has 0 saturated carbocycles. The van der Waals surface area contributed by atoms with Gasteiger partial charge in [-0.25, -0.2) is 0 Å². The third kappa shape index (κ3) is 2.96. The van der Waals surface area contributed by atoms with Crippen molar-refractivity contribution in [1.29, 1.82) is 0 Å². The summed E-state index contributed by atoms with van der Waals surface area (Å²) >= 11 is 0. The highest BCUT2D eigenvalue weighted by molar-refractivity contribution is 5.96. The number of nitrogens with one attached hydrogen (secondary N) is 1. The average Bonchev–Trinajstić information content (AvgIpc) is 3.25. The molecule has 6 aromatic rings. The van der Waals surface area contributed by atoms with Crippen LogP contribution in [0.1, 0.15) is 22.3 Å². The quantitative estimate of drug-likeness (QED) is 0.277. The Bertz CT molecular complexity index is 1660. The van der Waals surface area contributed by atoms with Gasteiger partial charge in [-0.2, -0.15) is 0 Å². The second-order valence-corrected chi connectivity index (χ2v) is 9.40. The van der Waals surface area contributed by atoms with Crippen LogP contribution in [0, 0.1) is 0 Å². The molecule has 0 heterocycles. The van der Waals surface area contributed by atoms with E-state index in [0.717, 1.165) is 11.4 Å². The molecule has 0 radical (unpaired) electrons. The molecule has 0 bridgehead atoms. The maximum absolute atomic E-state index is 3.85. The van der Waals surface area contributed by atoms with E-state index in [2.05, 4.69) is 151 Å². The Balaban J connectivity index is 1.54. The standard InChI is InChI=1S/C35H25N/c1-2-15-26(16-3-1)35(30-20-8-6-18-28(30)29-19-7-9-21-31(29)35)32-22-10-11-23-34(32)36-33-24-12-14-25-13-4-5-17-27(25)33/h1-24,36H. The number of hydrogen-bond donors (Lipinski definition) is 1. The van der Waals surface area contributed by atoms with Crippen LogP contribution in [0.25, 0.3) is 21.9 Å². The summed E-state index contributed by atoms with van der Waals surface area (Å²) in [6.07, 6.45) is 0. The van der Waals surface area contributed by atoms with Gasteiger partial charge in [0.1, 0.15) is 0 Å². The van der Waals surface area contributed by atoms with Gasteiger partial charge >= 0.3 is 0 Å². The molecule has 36 heavy (non-hydrogen) atoms. The number of fused-ring (bicyclic) bond motifs is 4. The molecule has 7 rings (SSSR count). The van der Waals surface area contributed by atoms with Crippen LogP contribution in [0.5, 0.6) is 0 Å². The highest BCUT2D eigenvalue weighted by Crippen LogP contribution is 2.57. The van der Waals surface area contributed by atoms with Crippen LogP contribution < -0.4 is 5.32 Å². The van der Waals surface area contributed by atoms with Crippen LogP contribution in [-0.4, -0.2) is 0 Å². The maximum atomic E-state index is 3.85. The van der Waals surface area contributed by atoms with Crippen molar-refractivity contribution < 1.29 is 0 Å². The van der Waals surface area contributed by atoms with Crippen LogP contribution in [0.2, 0.25) is 0 Å². The molecule has 1 aliphatic rings. The van der Waals surface area contributed by atoms with Gasteiger partial charge < -0.3 is 5.32 Å². The number of rotatable bonds is 4. The van der Waals surface area contributed by atoms with Gasteiger partial charge in [0.25, 0.3) is 0 Å². The molecule has 1 heteroatoms. The highest BCUT2D eigenvalue weighted by Gasteiger charge is 2.46. The summed E-state index contributed by atoms with van der Waals surface area (Å²) in [6, 6.07) is 52.5. The van der Waals surface area contributed by atoms with Gasteiger partial charge in [0.2, 0.25) is 0 Å². The number of anilines is 2. The van der Waals surface area contributed by atoms with Crippen LogP contribution in [0.4, 0.5) is 11.4 Å². The first-order valence-electron chi connectivity index (χ1n) is 12.5. The fourth-order valence-corrected chi connectivity index (χ4v) is 6.08. The molecule has 0 spiro atoms. The normalized spacial score (nSPS) is 13.2. The smallest absolute Gasteiger partial charge is 0.0733 e.